The highest BCUT2D eigenvalue weighted by Gasteiger charge is 2.33. The number of aliphatic carboxylic acids is 1. The minimum Gasteiger partial charge on any atom is -0.480 e. The van der Waals surface area contributed by atoms with Crippen LogP contribution in [-0.2, 0) is 22.6 Å². The number of benzene rings is 1. The van der Waals surface area contributed by atoms with Gasteiger partial charge in [-0.2, -0.15) is 0 Å². The Morgan fingerprint density at radius 1 is 1.35 bits per heavy atom. The number of amides is 1. The van der Waals surface area contributed by atoms with E-state index >= 15 is 0 Å². The fraction of sp³-hybridized carbons (Fsp3) is 0.467. The van der Waals surface area contributed by atoms with Crippen LogP contribution in [0.3, 0.4) is 0 Å². The summed E-state index contributed by atoms with van der Waals surface area (Å²) in [4.78, 5) is 25.1. The molecule has 2 N–H and O–H groups in total. The van der Waals surface area contributed by atoms with Gasteiger partial charge in [-0.25, -0.2) is 4.79 Å². The van der Waals surface area contributed by atoms with Crippen LogP contribution in [0, 0.1) is 0 Å². The highest BCUT2D eigenvalue weighted by Crippen LogP contribution is 2.24. The SMILES string of the molecule is CCNCCC(=O)N1Cc2ccccc2CC1C(=O)O. The number of carboxylic acids is 1. The fourth-order valence-electron chi connectivity index (χ4n) is 2.52. The molecule has 1 amide bonds. The molecule has 1 aromatic rings. The van der Waals surface area contributed by atoms with Gasteiger partial charge in [0.2, 0.25) is 5.91 Å². The lowest BCUT2D eigenvalue weighted by molar-refractivity contribution is -0.151. The van der Waals surface area contributed by atoms with Crippen molar-refractivity contribution in [3.8, 4) is 0 Å². The number of fused-ring (bicyclic) bond motifs is 1. The summed E-state index contributed by atoms with van der Waals surface area (Å²) in [5.41, 5.74) is 2.07. The maximum atomic E-state index is 12.2. The first-order valence-electron chi connectivity index (χ1n) is 6.93. The van der Waals surface area contributed by atoms with Gasteiger partial charge in [0, 0.05) is 25.9 Å². The third kappa shape index (κ3) is 3.17. The zero-order valence-corrected chi connectivity index (χ0v) is 11.6. The lowest BCUT2D eigenvalue weighted by atomic mass is 9.93. The normalized spacial score (nSPS) is 17.6. The van der Waals surface area contributed by atoms with Crippen molar-refractivity contribution in [3.63, 3.8) is 0 Å². The zero-order chi connectivity index (χ0) is 14.5. The van der Waals surface area contributed by atoms with Gasteiger partial charge < -0.3 is 15.3 Å². The van der Waals surface area contributed by atoms with E-state index in [4.69, 9.17) is 0 Å². The largest absolute Gasteiger partial charge is 0.480 e. The van der Waals surface area contributed by atoms with Crippen molar-refractivity contribution < 1.29 is 14.7 Å². The molecule has 0 saturated carbocycles. The van der Waals surface area contributed by atoms with E-state index < -0.39 is 12.0 Å². The average molecular weight is 276 g/mol. The van der Waals surface area contributed by atoms with Crippen molar-refractivity contribution >= 4 is 11.9 Å². The summed E-state index contributed by atoms with van der Waals surface area (Å²) in [6.07, 6.45) is 0.720. The van der Waals surface area contributed by atoms with E-state index in [1.165, 1.54) is 4.90 Å². The second-order valence-corrected chi connectivity index (χ2v) is 4.95. The Bertz CT molecular complexity index is 502. The second kappa shape index (κ2) is 6.52. The van der Waals surface area contributed by atoms with Gasteiger partial charge in [0.15, 0.2) is 0 Å². The van der Waals surface area contributed by atoms with Crippen LogP contribution in [0.15, 0.2) is 24.3 Å². The van der Waals surface area contributed by atoms with Crippen molar-refractivity contribution in [3.05, 3.63) is 35.4 Å². The quantitative estimate of drug-likeness (QED) is 0.788. The van der Waals surface area contributed by atoms with E-state index in [9.17, 15) is 14.7 Å². The Morgan fingerprint density at radius 3 is 2.70 bits per heavy atom. The van der Waals surface area contributed by atoms with E-state index in [1.54, 1.807) is 0 Å². The lowest BCUT2D eigenvalue weighted by Gasteiger charge is -2.34. The molecular formula is C15H20N2O3. The number of carbonyl (C=O) groups excluding carboxylic acids is 1. The Kier molecular flexibility index (Phi) is 4.74. The van der Waals surface area contributed by atoms with E-state index in [0.29, 0.717) is 25.9 Å². The number of carbonyl (C=O) groups is 2. The van der Waals surface area contributed by atoms with Gasteiger partial charge in [0.25, 0.3) is 0 Å². The molecule has 1 unspecified atom stereocenters. The minimum absolute atomic E-state index is 0.104. The first-order valence-corrected chi connectivity index (χ1v) is 6.93. The molecule has 1 aromatic carbocycles. The van der Waals surface area contributed by atoms with Gasteiger partial charge in [0.1, 0.15) is 6.04 Å². The van der Waals surface area contributed by atoms with Gasteiger partial charge in [-0.05, 0) is 17.7 Å². The van der Waals surface area contributed by atoms with Crippen LogP contribution in [0.2, 0.25) is 0 Å². The Balaban J connectivity index is 2.13. The molecule has 20 heavy (non-hydrogen) atoms. The van der Waals surface area contributed by atoms with Crippen molar-refractivity contribution in [2.24, 2.45) is 0 Å². The van der Waals surface area contributed by atoms with Crippen LogP contribution in [0.1, 0.15) is 24.5 Å². The van der Waals surface area contributed by atoms with E-state index in [-0.39, 0.29) is 5.91 Å². The van der Waals surface area contributed by atoms with Gasteiger partial charge in [-0.1, -0.05) is 31.2 Å². The molecule has 5 nitrogen and oxygen atoms in total. The van der Waals surface area contributed by atoms with Crippen LogP contribution >= 0.6 is 0 Å². The summed E-state index contributed by atoms with van der Waals surface area (Å²) in [5, 5.41) is 12.4. The highest BCUT2D eigenvalue weighted by molar-refractivity contribution is 5.84. The predicted molar refractivity (Wildman–Crippen MR) is 75.3 cm³/mol. The minimum atomic E-state index is -0.934. The first kappa shape index (κ1) is 14.5. The number of carboxylic acid groups (broad SMARTS) is 1. The molecular weight excluding hydrogens is 256 g/mol. The molecule has 108 valence electrons. The molecule has 2 rings (SSSR count). The highest BCUT2D eigenvalue weighted by atomic mass is 16.4. The third-order valence-corrected chi connectivity index (χ3v) is 3.62. The molecule has 0 aliphatic carbocycles. The summed E-state index contributed by atoms with van der Waals surface area (Å²) < 4.78 is 0. The van der Waals surface area contributed by atoms with Crippen molar-refractivity contribution in [2.45, 2.75) is 32.4 Å². The number of nitrogens with one attached hydrogen (secondary N) is 1. The van der Waals surface area contributed by atoms with Crippen LogP contribution in [0.5, 0.6) is 0 Å². The molecule has 0 bridgehead atoms. The Hall–Kier alpha value is -1.88. The fourth-order valence-corrected chi connectivity index (χ4v) is 2.52. The van der Waals surface area contributed by atoms with Gasteiger partial charge in [-0.3, -0.25) is 4.79 Å². The molecule has 0 radical (unpaired) electrons. The van der Waals surface area contributed by atoms with E-state index in [1.807, 2.05) is 31.2 Å². The van der Waals surface area contributed by atoms with E-state index in [2.05, 4.69) is 5.32 Å². The molecule has 0 spiro atoms. The molecule has 0 fully saturated rings. The topological polar surface area (TPSA) is 69.6 Å². The predicted octanol–water partition coefficient (Wildman–Crippen LogP) is 1.02. The van der Waals surface area contributed by atoms with Gasteiger partial charge >= 0.3 is 5.97 Å². The number of hydrogen-bond donors (Lipinski definition) is 2. The van der Waals surface area contributed by atoms with Crippen molar-refractivity contribution in [2.75, 3.05) is 13.1 Å². The van der Waals surface area contributed by atoms with Crippen molar-refractivity contribution in [1.29, 1.82) is 0 Å². The molecule has 0 saturated heterocycles. The third-order valence-electron chi connectivity index (χ3n) is 3.62. The van der Waals surface area contributed by atoms with Crippen LogP contribution in [0.25, 0.3) is 0 Å². The van der Waals surface area contributed by atoms with Gasteiger partial charge in [0.05, 0.1) is 0 Å². The maximum absolute atomic E-state index is 12.2. The summed E-state index contributed by atoms with van der Waals surface area (Å²) >= 11 is 0. The lowest BCUT2D eigenvalue weighted by Crippen LogP contribution is -2.49. The Morgan fingerprint density at radius 2 is 2.05 bits per heavy atom. The number of rotatable bonds is 5. The zero-order valence-electron chi connectivity index (χ0n) is 11.6. The molecule has 0 aromatic heterocycles. The number of nitrogens with zero attached hydrogens (tertiary/aromatic N) is 1. The molecule has 1 heterocycles. The maximum Gasteiger partial charge on any atom is 0.326 e. The molecule has 1 aliphatic heterocycles. The van der Waals surface area contributed by atoms with Crippen LogP contribution in [-0.4, -0.2) is 41.0 Å². The smallest absolute Gasteiger partial charge is 0.326 e. The number of hydrogen-bond acceptors (Lipinski definition) is 3. The van der Waals surface area contributed by atoms with Crippen LogP contribution in [0.4, 0.5) is 0 Å². The summed E-state index contributed by atoms with van der Waals surface area (Å²) in [6, 6.07) is 6.96. The monoisotopic (exact) mass is 276 g/mol. The second-order valence-electron chi connectivity index (χ2n) is 4.95. The van der Waals surface area contributed by atoms with E-state index in [0.717, 1.165) is 17.7 Å². The summed E-state index contributed by atoms with van der Waals surface area (Å²) in [7, 11) is 0. The average Bonchev–Trinajstić information content (AvgIpc) is 2.46. The summed E-state index contributed by atoms with van der Waals surface area (Å²) in [5.74, 6) is -1.04. The molecule has 1 atom stereocenters. The molecule has 5 heteroatoms. The van der Waals surface area contributed by atoms with Gasteiger partial charge in [-0.15, -0.1) is 0 Å². The van der Waals surface area contributed by atoms with Crippen LogP contribution < -0.4 is 5.32 Å². The standard InChI is InChI=1S/C15H20N2O3/c1-2-16-8-7-14(18)17-10-12-6-4-3-5-11(12)9-13(17)15(19)20/h3-6,13,16H,2,7-10H2,1H3,(H,19,20). The first-order chi connectivity index (χ1) is 9.63. The van der Waals surface area contributed by atoms with Crippen molar-refractivity contribution in [1.82, 2.24) is 10.2 Å². The molecule has 1 aliphatic rings. The summed E-state index contributed by atoms with van der Waals surface area (Å²) in [6.45, 7) is 3.75. The Labute approximate surface area is 118 Å².